The van der Waals surface area contributed by atoms with Crippen molar-refractivity contribution in [1.82, 2.24) is 9.88 Å². The van der Waals surface area contributed by atoms with Crippen molar-refractivity contribution in [3.8, 4) is 5.75 Å². The lowest BCUT2D eigenvalue weighted by molar-refractivity contribution is -0.137. The molecule has 116 valence electrons. The first kappa shape index (κ1) is 16.2. The highest BCUT2D eigenvalue weighted by Crippen LogP contribution is 2.26. The molecule has 0 fully saturated rings. The van der Waals surface area contributed by atoms with Crippen LogP contribution in [-0.2, 0) is 11.3 Å². The fraction of sp³-hybridized carbons (Fsp3) is 0.250. The maximum Gasteiger partial charge on any atom is 0.263 e. The van der Waals surface area contributed by atoms with E-state index in [2.05, 4.69) is 4.98 Å². The summed E-state index contributed by atoms with van der Waals surface area (Å²) < 4.78 is 18.5. The number of ether oxygens (including phenoxy) is 1. The van der Waals surface area contributed by atoms with E-state index in [4.69, 9.17) is 16.3 Å². The molecule has 0 aliphatic carbocycles. The summed E-state index contributed by atoms with van der Waals surface area (Å²) in [6.07, 6.45) is 2.62. The highest BCUT2D eigenvalue weighted by molar-refractivity contribution is 6.32. The first-order chi connectivity index (χ1) is 10.5. The SMILES string of the molecule is CC(Oc1ccc(F)cc1Cl)C(=O)N(C)Cc1ccncc1. The van der Waals surface area contributed by atoms with Crippen molar-refractivity contribution >= 4 is 17.5 Å². The zero-order valence-corrected chi connectivity index (χ0v) is 13.0. The molecule has 1 heterocycles. The predicted octanol–water partition coefficient (Wildman–Crippen LogP) is 3.30. The van der Waals surface area contributed by atoms with Crippen LogP contribution in [0.1, 0.15) is 12.5 Å². The van der Waals surface area contributed by atoms with Gasteiger partial charge >= 0.3 is 0 Å². The highest BCUT2D eigenvalue weighted by Gasteiger charge is 2.20. The van der Waals surface area contributed by atoms with Gasteiger partial charge < -0.3 is 9.64 Å². The number of hydrogen-bond acceptors (Lipinski definition) is 3. The molecule has 0 aliphatic rings. The van der Waals surface area contributed by atoms with Crippen LogP contribution in [0.4, 0.5) is 4.39 Å². The molecule has 0 N–H and O–H groups in total. The van der Waals surface area contributed by atoms with E-state index in [1.165, 1.54) is 12.1 Å². The summed E-state index contributed by atoms with van der Waals surface area (Å²) in [5.74, 6) is -0.371. The van der Waals surface area contributed by atoms with E-state index >= 15 is 0 Å². The summed E-state index contributed by atoms with van der Waals surface area (Å²) in [5.41, 5.74) is 0.970. The predicted molar refractivity (Wildman–Crippen MR) is 82.2 cm³/mol. The number of nitrogens with zero attached hydrogens (tertiary/aromatic N) is 2. The minimum atomic E-state index is -0.727. The zero-order valence-electron chi connectivity index (χ0n) is 12.3. The number of carbonyl (C=O) groups excluding carboxylic acids is 1. The van der Waals surface area contributed by atoms with E-state index in [1.807, 2.05) is 12.1 Å². The highest BCUT2D eigenvalue weighted by atomic mass is 35.5. The minimum Gasteiger partial charge on any atom is -0.479 e. The fourth-order valence-corrected chi connectivity index (χ4v) is 2.17. The normalized spacial score (nSPS) is 11.8. The summed E-state index contributed by atoms with van der Waals surface area (Å²) >= 11 is 5.89. The van der Waals surface area contributed by atoms with Gasteiger partial charge in [0, 0.05) is 26.0 Å². The van der Waals surface area contributed by atoms with Gasteiger partial charge in [-0.15, -0.1) is 0 Å². The van der Waals surface area contributed by atoms with Crippen LogP contribution in [0, 0.1) is 5.82 Å². The van der Waals surface area contributed by atoms with Gasteiger partial charge in [0.1, 0.15) is 11.6 Å². The average molecular weight is 323 g/mol. The van der Waals surface area contributed by atoms with Crippen LogP contribution in [0.15, 0.2) is 42.7 Å². The van der Waals surface area contributed by atoms with Gasteiger partial charge in [-0.3, -0.25) is 9.78 Å². The van der Waals surface area contributed by atoms with E-state index in [0.29, 0.717) is 6.54 Å². The Morgan fingerprint density at radius 1 is 1.36 bits per heavy atom. The summed E-state index contributed by atoms with van der Waals surface area (Å²) in [7, 11) is 1.69. The second-order valence-electron chi connectivity index (χ2n) is 4.88. The molecular formula is C16H16ClFN2O2. The number of aromatic nitrogens is 1. The third kappa shape index (κ3) is 4.18. The van der Waals surface area contributed by atoms with Crippen LogP contribution >= 0.6 is 11.6 Å². The number of rotatable bonds is 5. The number of likely N-dealkylation sites (N-methyl/N-ethyl adjacent to an activating group) is 1. The van der Waals surface area contributed by atoms with Gasteiger partial charge in [-0.1, -0.05) is 11.6 Å². The fourth-order valence-electron chi connectivity index (χ4n) is 1.96. The van der Waals surface area contributed by atoms with Gasteiger partial charge in [0.2, 0.25) is 0 Å². The Kier molecular flexibility index (Phi) is 5.33. The average Bonchev–Trinajstić information content (AvgIpc) is 2.50. The van der Waals surface area contributed by atoms with Crippen molar-refractivity contribution in [2.45, 2.75) is 19.6 Å². The molecule has 1 unspecified atom stereocenters. The summed E-state index contributed by atoms with van der Waals surface area (Å²) in [6, 6.07) is 7.47. The molecule has 1 aromatic carbocycles. The number of pyridine rings is 1. The minimum absolute atomic E-state index is 0.136. The number of amides is 1. The number of halogens is 2. The maximum atomic E-state index is 13.0. The van der Waals surface area contributed by atoms with Crippen LogP contribution in [0.25, 0.3) is 0 Å². The molecule has 0 spiro atoms. The van der Waals surface area contributed by atoms with Gasteiger partial charge in [-0.2, -0.15) is 0 Å². The van der Waals surface area contributed by atoms with Crippen molar-refractivity contribution in [2.24, 2.45) is 0 Å². The molecule has 1 amide bonds. The van der Waals surface area contributed by atoms with E-state index < -0.39 is 11.9 Å². The van der Waals surface area contributed by atoms with E-state index in [0.717, 1.165) is 11.6 Å². The zero-order chi connectivity index (χ0) is 16.1. The van der Waals surface area contributed by atoms with E-state index in [1.54, 1.807) is 31.3 Å². The van der Waals surface area contributed by atoms with E-state index in [-0.39, 0.29) is 16.7 Å². The molecule has 6 heteroatoms. The van der Waals surface area contributed by atoms with E-state index in [9.17, 15) is 9.18 Å². The third-order valence-corrected chi connectivity index (χ3v) is 3.39. The van der Waals surface area contributed by atoms with Crippen LogP contribution < -0.4 is 4.74 Å². The molecular weight excluding hydrogens is 307 g/mol. The lowest BCUT2D eigenvalue weighted by Gasteiger charge is -2.22. The third-order valence-electron chi connectivity index (χ3n) is 3.09. The Bertz CT molecular complexity index is 652. The molecule has 0 bridgehead atoms. The van der Waals surface area contributed by atoms with Crippen molar-refractivity contribution in [3.05, 3.63) is 59.1 Å². The maximum absolute atomic E-state index is 13.0. The molecule has 22 heavy (non-hydrogen) atoms. The Balaban J connectivity index is 1.99. The molecule has 2 aromatic rings. The van der Waals surface area contributed by atoms with Crippen molar-refractivity contribution in [1.29, 1.82) is 0 Å². The van der Waals surface area contributed by atoms with Gasteiger partial charge in [-0.25, -0.2) is 4.39 Å². The Labute approximate surface area is 133 Å². The summed E-state index contributed by atoms with van der Waals surface area (Å²) in [6.45, 7) is 2.08. The molecule has 4 nitrogen and oxygen atoms in total. The molecule has 0 aliphatic heterocycles. The number of carbonyl (C=O) groups is 1. The standard InChI is InChI=1S/C16H16ClFN2O2/c1-11(22-15-4-3-13(18)9-14(15)17)16(21)20(2)10-12-5-7-19-8-6-12/h3-9,11H,10H2,1-2H3. The Morgan fingerprint density at radius 2 is 2.05 bits per heavy atom. The summed E-state index contributed by atoms with van der Waals surface area (Å²) in [4.78, 5) is 17.8. The van der Waals surface area contributed by atoms with Gasteiger partial charge in [0.15, 0.2) is 6.10 Å². The molecule has 1 atom stereocenters. The molecule has 0 saturated carbocycles. The molecule has 0 radical (unpaired) electrons. The molecule has 1 aromatic heterocycles. The van der Waals surface area contributed by atoms with Gasteiger partial charge in [0.05, 0.1) is 5.02 Å². The topological polar surface area (TPSA) is 42.4 Å². The largest absolute Gasteiger partial charge is 0.479 e. The van der Waals surface area contributed by atoms with Crippen LogP contribution in [0.5, 0.6) is 5.75 Å². The van der Waals surface area contributed by atoms with Crippen LogP contribution in [0.3, 0.4) is 0 Å². The van der Waals surface area contributed by atoms with Crippen molar-refractivity contribution < 1.29 is 13.9 Å². The van der Waals surface area contributed by atoms with Crippen molar-refractivity contribution in [3.63, 3.8) is 0 Å². The Hall–Kier alpha value is -2.14. The number of benzene rings is 1. The second-order valence-corrected chi connectivity index (χ2v) is 5.29. The van der Waals surface area contributed by atoms with Gasteiger partial charge in [0.25, 0.3) is 5.91 Å². The lowest BCUT2D eigenvalue weighted by Crippen LogP contribution is -2.37. The van der Waals surface area contributed by atoms with Crippen LogP contribution in [-0.4, -0.2) is 28.9 Å². The Morgan fingerprint density at radius 3 is 2.68 bits per heavy atom. The molecule has 0 saturated heterocycles. The summed E-state index contributed by atoms with van der Waals surface area (Å²) in [5, 5.41) is 0.136. The molecule has 2 rings (SSSR count). The smallest absolute Gasteiger partial charge is 0.263 e. The number of hydrogen-bond donors (Lipinski definition) is 0. The second kappa shape index (κ2) is 7.22. The van der Waals surface area contributed by atoms with Crippen molar-refractivity contribution in [2.75, 3.05) is 7.05 Å². The van der Waals surface area contributed by atoms with Gasteiger partial charge in [-0.05, 0) is 42.8 Å². The monoisotopic (exact) mass is 322 g/mol. The van der Waals surface area contributed by atoms with Crippen LogP contribution in [0.2, 0.25) is 5.02 Å². The first-order valence-corrected chi connectivity index (χ1v) is 7.10. The first-order valence-electron chi connectivity index (χ1n) is 6.73. The lowest BCUT2D eigenvalue weighted by atomic mass is 10.2. The quantitative estimate of drug-likeness (QED) is 0.848.